The predicted molar refractivity (Wildman–Crippen MR) is 89.3 cm³/mol. The molecule has 114 valence electrons. The molecule has 0 radical (unpaired) electrons. The maximum absolute atomic E-state index is 3.49. The monoisotopic (exact) mass is 276 g/mol. The maximum atomic E-state index is 3.49. The van der Waals surface area contributed by atoms with E-state index >= 15 is 0 Å². The average molecular weight is 276 g/mol. The van der Waals surface area contributed by atoms with E-state index in [1.54, 1.807) is 0 Å². The van der Waals surface area contributed by atoms with Crippen molar-refractivity contribution < 1.29 is 0 Å². The Labute approximate surface area is 125 Å². The summed E-state index contributed by atoms with van der Waals surface area (Å²) in [6, 6.07) is 7.84. The minimum atomic E-state index is 0.398. The summed E-state index contributed by atoms with van der Waals surface area (Å²) in [5.74, 6) is 0.703. The van der Waals surface area contributed by atoms with Gasteiger partial charge in [0, 0.05) is 25.2 Å². The lowest BCUT2D eigenvalue weighted by Crippen LogP contribution is -2.40. The predicted octanol–water partition coefficient (Wildman–Crippen LogP) is 3.93. The van der Waals surface area contributed by atoms with Gasteiger partial charge in [-0.05, 0) is 46.2 Å². The smallest absolute Gasteiger partial charge is 0.0447 e. The van der Waals surface area contributed by atoms with Gasteiger partial charge in [-0.15, -0.1) is 0 Å². The van der Waals surface area contributed by atoms with Gasteiger partial charge in [0.05, 0.1) is 0 Å². The van der Waals surface area contributed by atoms with Crippen LogP contribution in [0.3, 0.4) is 0 Å². The Morgan fingerprint density at radius 1 is 0.950 bits per heavy atom. The topological polar surface area (TPSA) is 15.3 Å². The standard InChI is InChI=1S/C18H32N2/c1-13(2)11-20(14(3)4)12-18(19-7)17-9-15(5)8-16(6)10-17/h8-10,13-14,18-19H,11-12H2,1-7H3. The molecule has 0 aliphatic heterocycles. The van der Waals surface area contributed by atoms with E-state index < -0.39 is 0 Å². The molecule has 0 saturated heterocycles. The van der Waals surface area contributed by atoms with Crippen molar-refractivity contribution in [3.8, 4) is 0 Å². The van der Waals surface area contributed by atoms with Crippen LogP contribution in [0, 0.1) is 19.8 Å². The number of benzene rings is 1. The van der Waals surface area contributed by atoms with Gasteiger partial charge in [-0.1, -0.05) is 43.2 Å². The Morgan fingerprint density at radius 2 is 1.50 bits per heavy atom. The van der Waals surface area contributed by atoms with Crippen LogP contribution in [0.1, 0.15) is 50.4 Å². The molecule has 0 fully saturated rings. The molecule has 0 aliphatic carbocycles. The van der Waals surface area contributed by atoms with Gasteiger partial charge < -0.3 is 5.32 Å². The minimum absolute atomic E-state index is 0.398. The summed E-state index contributed by atoms with van der Waals surface area (Å²) in [7, 11) is 2.07. The molecule has 0 heterocycles. The van der Waals surface area contributed by atoms with Crippen LogP contribution in [-0.2, 0) is 0 Å². The van der Waals surface area contributed by atoms with Crippen LogP contribution in [0.15, 0.2) is 18.2 Å². The summed E-state index contributed by atoms with van der Waals surface area (Å²) in [4.78, 5) is 2.57. The molecule has 0 aliphatic rings. The van der Waals surface area contributed by atoms with E-state index in [4.69, 9.17) is 0 Å². The van der Waals surface area contributed by atoms with Crippen LogP contribution in [0.2, 0.25) is 0 Å². The van der Waals surface area contributed by atoms with Crippen LogP contribution in [0.25, 0.3) is 0 Å². The van der Waals surface area contributed by atoms with Crippen molar-refractivity contribution in [1.29, 1.82) is 0 Å². The van der Waals surface area contributed by atoms with E-state index in [1.807, 2.05) is 0 Å². The first-order chi connectivity index (χ1) is 9.33. The molecule has 2 nitrogen and oxygen atoms in total. The highest BCUT2D eigenvalue weighted by atomic mass is 15.2. The number of nitrogens with zero attached hydrogens (tertiary/aromatic N) is 1. The summed E-state index contributed by atoms with van der Waals surface area (Å²) in [5.41, 5.74) is 4.10. The van der Waals surface area contributed by atoms with Crippen LogP contribution >= 0.6 is 0 Å². The lowest BCUT2D eigenvalue weighted by molar-refractivity contribution is 0.179. The Bertz CT molecular complexity index is 390. The summed E-state index contributed by atoms with van der Waals surface area (Å²) in [6.45, 7) is 15.7. The van der Waals surface area contributed by atoms with Crippen molar-refractivity contribution in [1.82, 2.24) is 10.2 Å². The van der Waals surface area contributed by atoms with Crippen molar-refractivity contribution in [2.24, 2.45) is 5.92 Å². The molecule has 2 heteroatoms. The molecule has 0 amide bonds. The van der Waals surface area contributed by atoms with Crippen molar-refractivity contribution in [3.63, 3.8) is 0 Å². The van der Waals surface area contributed by atoms with Crippen molar-refractivity contribution >= 4 is 0 Å². The highest BCUT2D eigenvalue weighted by molar-refractivity contribution is 5.30. The molecule has 1 aromatic rings. The van der Waals surface area contributed by atoms with E-state index in [1.165, 1.54) is 16.7 Å². The Morgan fingerprint density at radius 3 is 1.90 bits per heavy atom. The van der Waals surface area contributed by atoms with Crippen LogP contribution in [0.4, 0.5) is 0 Å². The highest BCUT2D eigenvalue weighted by Gasteiger charge is 2.18. The van der Waals surface area contributed by atoms with Crippen LogP contribution in [-0.4, -0.2) is 31.1 Å². The molecule has 20 heavy (non-hydrogen) atoms. The fourth-order valence-corrected chi connectivity index (χ4v) is 2.77. The summed E-state index contributed by atoms with van der Waals surface area (Å²) in [6.07, 6.45) is 0. The molecular weight excluding hydrogens is 244 g/mol. The second-order valence-electron chi connectivity index (χ2n) is 6.70. The zero-order valence-corrected chi connectivity index (χ0v) is 14.3. The quantitative estimate of drug-likeness (QED) is 0.811. The van der Waals surface area contributed by atoms with Gasteiger partial charge in [0.2, 0.25) is 0 Å². The first kappa shape index (κ1) is 17.2. The van der Waals surface area contributed by atoms with Crippen molar-refractivity contribution in [3.05, 3.63) is 34.9 Å². The van der Waals surface area contributed by atoms with Crippen LogP contribution in [0.5, 0.6) is 0 Å². The average Bonchev–Trinajstić information content (AvgIpc) is 2.32. The van der Waals surface area contributed by atoms with E-state index in [2.05, 4.69) is 77.0 Å². The largest absolute Gasteiger partial charge is 0.312 e. The van der Waals surface area contributed by atoms with Crippen molar-refractivity contribution in [2.45, 2.75) is 53.6 Å². The second kappa shape index (κ2) is 7.80. The molecule has 1 unspecified atom stereocenters. The van der Waals surface area contributed by atoms with Crippen LogP contribution < -0.4 is 5.32 Å². The van der Waals surface area contributed by atoms with Gasteiger partial charge in [0.15, 0.2) is 0 Å². The van der Waals surface area contributed by atoms with Gasteiger partial charge in [-0.2, -0.15) is 0 Å². The Kier molecular flexibility index (Phi) is 6.70. The zero-order chi connectivity index (χ0) is 15.3. The minimum Gasteiger partial charge on any atom is -0.312 e. The number of likely N-dealkylation sites (N-methyl/N-ethyl adjacent to an activating group) is 1. The molecule has 1 rings (SSSR count). The van der Waals surface area contributed by atoms with Gasteiger partial charge in [0.1, 0.15) is 0 Å². The third kappa shape index (κ3) is 5.26. The van der Waals surface area contributed by atoms with E-state index in [-0.39, 0.29) is 0 Å². The fraction of sp³-hybridized carbons (Fsp3) is 0.667. The maximum Gasteiger partial charge on any atom is 0.0447 e. The molecule has 1 aromatic carbocycles. The van der Waals surface area contributed by atoms with E-state index in [9.17, 15) is 0 Å². The van der Waals surface area contributed by atoms with Gasteiger partial charge in [-0.25, -0.2) is 0 Å². The van der Waals surface area contributed by atoms with E-state index in [0.29, 0.717) is 18.0 Å². The first-order valence-electron chi connectivity index (χ1n) is 7.83. The van der Waals surface area contributed by atoms with Gasteiger partial charge in [-0.3, -0.25) is 4.90 Å². The molecule has 0 aromatic heterocycles. The third-order valence-electron chi connectivity index (χ3n) is 3.74. The summed E-state index contributed by atoms with van der Waals surface area (Å²) < 4.78 is 0. The molecule has 1 atom stereocenters. The molecule has 0 bridgehead atoms. The van der Waals surface area contributed by atoms with Gasteiger partial charge >= 0.3 is 0 Å². The van der Waals surface area contributed by atoms with E-state index in [0.717, 1.165) is 13.1 Å². The highest BCUT2D eigenvalue weighted by Crippen LogP contribution is 2.19. The SMILES string of the molecule is CNC(CN(CC(C)C)C(C)C)c1cc(C)cc(C)c1. The lowest BCUT2D eigenvalue weighted by atomic mass is 10.00. The number of rotatable bonds is 7. The van der Waals surface area contributed by atoms with Gasteiger partial charge in [0.25, 0.3) is 0 Å². The summed E-state index contributed by atoms with van der Waals surface area (Å²) in [5, 5.41) is 3.49. The molecule has 1 N–H and O–H groups in total. The second-order valence-corrected chi connectivity index (χ2v) is 6.70. The Hall–Kier alpha value is -0.860. The molecule has 0 saturated carbocycles. The third-order valence-corrected chi connectivity index (χ3v) is 3.74. The normalized spacial score (nSPS) is 13.5. The number of hydrogen-bond acceptors (Lipinski definition) is 2. The molecular formula is C18H32N2. The molecule has 0 spiro atoms. The fourth-order valence-electron chi connectivity index (χ4n) is 2.77. The zero-order valence-electron chi connectivity index (χ0n) is 14.3. The number of hydrogen-bond donors (Lipinski definition) is 1. The first-order valence-corrected chi connectivity index (χ1v) is 7.83. The number of aryl methyl sites for hydroxylation is 2. The Balaban J connectivity index is 2.88. The van der Waals surface area contributed by atoms with Crippen molar-refractivity contribution in [2.75, 3.05) is 20.1 Å². The summed E-state index contributed by atoms with van der Waals surface area (Å²) >= 11 is 0. The lowest BCUT2D eigenvalue weighted by Gasteiger charge is -2.32. The number of nitrogens with one attached hydrogen (secondary N) is 1.